The summed E-state index contributed by atoms with van der Waals surface area (Å²) in [5.74, 6) is -0.583. The molecule has 0 saturated carbocycles. The van der Waals surface area contributed by atoms with E-state index in [0.717, 1.165) is 15.6 Å². The number of rotatable bonds is 5. The second kappa shape index (κ2) is 7.92. The van der Waals surface area contributed by atoms with E-state index in [1.807, 2.05) is 22.8 Å². The van der Waals surface area contributed by atoms with Gasteiger partial charge in [-0.05, 0) is 38.0 Å². The standard InChI is InChI=1S/C24H21BrNO5P/c1-3-30-32(29,31-4-2)24-20-19(22(27)16-7-5-6-8-17(16)23(20)28)21-18-13-15(25)10-9-14(18)11-12-26(21)24/h5-10,13H,3-4,11-12H2,1-2H3. The summed E-state index contributed by atoms with van der Waals surface area (Å²) < 4.78 is 28.0. The monoisotopic (exact) mass is 513 g/mol. The van der Waals surface area contributed by atoms with Crippen LogP contribution in [0.3, 0.4) is 0 Å². The minimum Gasteiger partial charge on any atom is -0.333 e. The number of benzene rings is 2. The van der Waals surface area contributed by atoms with Crippen molar-refractivity contribution in [1.82, 2.24) is 4.57 Å². The van der Waals surface area contributed by atoms with Gasteiger partial charge in [-0.25, -0.2) is 0 Å². The van der Waals surface area contributed by atoms with E-state index in [-0.39, 0.29) is 41.3 Å². The summed E-state index contributed by atoms with van der Waals surface area (Å²) in [6, 6.07) is 12.7. The molecule has 3 aromatic rings. The summed E-state index contributed by atoms with van der Waals surface area (Å²) in [5.41, 5.74) is 3.78. The lowest BCUT2D eigenvalue weighted by molar-refractivity contribution is 0.0981. The van der Waals surface area contributed by atoms with Crippen LogP contribution in [0, 0.1) is 0 Å². The van der Waals surface area contributed by atoms with E-state index in [9.17, 15) is 14.2 Å². The molecule has 164 valence electrons. The van der Waals surface area contributed by atoms with Crippen molar-refractivity contribution in [1.29, 1.82) is 0 Å². The van der Waals surface area contributed by atoms with Crippen LogP contribution in [-0.4, -0.2) is 29.3 Å². The van der Waals surface area contributed by atoms with Gasteiger partial charge in [-0.15, -0.1) is 0 Å². The molecule has 2 aliphatic rings. The van der Waals surface area contributed by atoms with Crippen LogP contribution in [0.25, 0.3) is 11.3 Å². The predicted molar refractivity (Wildman–Crippen MR) is 125 cm³/mol. The Kier molecular flexibility index (Phi) is 5.33. The first-order chi connectivity index (χ1) is 15.4. The van der Waals surface area contributed by atoms with Gasteiger partial charge >= 0.3 is 7.60 Å². The van der Waals surface area contributed by atoms with Gasteiger partial charge in [-0.3, -0.25) is 14.2 Å². The van der Waals surface area contributed by atoms with E-state index in [1.165, 1.54) is 0 Å². The summed E-state index contributed by atoms with van der Waals surface area (Å²) in [7, 11) is -3.87. The first-order valence-corrected chi connectivity index (χ1v) is 12.9. The van der Waals surface area contributed by atoms with Gasteiger partial charge < -0.3 is 13.6 Å². The van der Waals surface area contributed by atoms with Crippen LogP contribution in [-0.2, 0) is 26.6 Å². The number of carbonyl (C=O) groups excluding carboxylic acids is 2. The van der Waals surface area contributed by atoms with Crippen molar-refractivity contribution in [2.75, 3.05) is 13.2 Å². The number of hydrogen-bond donors (Lipinski definition) is 0. The third-order valence-corrected chi connectivity index (χ3v) is 8.57. The van der Waals surface area contributed by atoms with Crippen molar-refractivity contribution in [3.05, 3.63) is 74.8 Å². The molecule has 1 aliphatic heterocycles. The Morgan fingerprint density at radius 1 is 0.938 bits per heavy atom. The van der Waals surface area contributed by atoms with Gasteiger partial charge in [-0.2, -0.15) is 0 Å². The van der Waals surface area contributed by atoms with Gasteiger partial charge in [0.15, 0.2) is 11.6 Å². The van der Waals surface area contributed by atoms with Gasteiger partial charge in [0, 0.05) is 27.7 Å². The zero-order valence-corrected chi connectivity index (χ0v) is 20.2. The Hall–Kier alpha value is -2.31. The lowest BCUT2D eigenvalue weighted by Gasteiger charge is -2.25. The molecule has 2 aromatic carbocycles. The Morgan fingerprint density at radius 3 is 2.19 bits per heavy atom. The summed E-state index contributed by atoms with van der Waals surface area (Å²) in [6.45, 7) is 4.22. The smallest absolute Gasteiger partial charge is 0.333 e. The first-order valence-electron chi connectivity index (χ1n) is 10.5. The van der Waals surface area contributed by atoms with Gasteiger partial charge in [0.05, 0.1) is 30.0 Å². The van der Waals surface area contributed by atoms with Crippen LogP contribution in [0.15, 0.2) is 46.9 Å². The third kappa shape index (κ3) is 3.03. The Bertz CT molecular complexity index is 1330. The summed E-state index contributed by atoms with van der Waals surface area (Å²) in [4.78, 5) is 27.4. The number of fused-ring (bicyclic) bond motifs is 6. The maximum absolute atomic E-state index is 14.0. The number of aryl methyl sites for hydroxylation is 1. The zero-order chi connectivity index (χ0) is 22.6. The average Bonchev–Trinajstić information content (AvgIpc) is 3.15. The van der Waals surface area contributed by atoms with Gasteiger partial charge in [-0.1, -0.05) is 46.3 Å². The largest absolute Gasteiger partial charge is 0.378 e. The molecular weight excluding hydrogens is 493 g/mol. The SMILES string of the molecule is CCOP(=O)(OCC)c1c2c(c3n1CCc1ccc(Br)cc1-3)C(=O)c1ccccc1C2=O. The van der Waals surface area contributed by atoms with Gasteiger partial charge in [0.2, 0.25) is 0 Å². The molecule has 8 heteroatoms. The molecule has 0 unspecified atom stereocenters. The maximum atomic E-state index is 14.0. The zero-order valence-electron chi connectivity index (χ0n) is 17.7. The Balaban J connectivity index is 1.91. The van der Waals surface area contributed by atoms with Crippen molar-refractivity contribution in [3.63, 3.8) is 0 Å². The molecule has 0 atom stereocenters. The molecule has 5 rings (SSSR count). The van der Waals surface area contributed by atoms with Crippen molar-refractivity contribution in [2.24, 2.45) is 0 Å². The Morgan fingerprint density at radius 2 is 1.56 bits per heavy atom. The molecule has 1 aromatic heterocycles. The number of nitrogens with zero attached hydrogens (tertiary/aromatic N) is 1. The summed E-state index contributed by atoms with van der Waals surface area (Å²) in [5, 5.41) is 0. The van der Waals surface area contributed by atoms with E-state index in [4.69, 9.17) is 9.05 Å². The van der Waals surface area contributed by atoms with Crippen molar-refractivity contribution < 1.29 is 23.2 Å². The second-order valence-electron chi connectivity index (χ2n) is 7.66. The maximum Gasteiger partial charge on any atom is 0.378 e. The fourth-order valence-corrected chi connectivity index (χ4v) is 7.03. The average molecular weight is 514 g/mol. The van der Waals surface area contributed by atoms with Gasteiger partial charge in [0.25, 0.3) is 0 Å². The minimum absolute atomic E-state index is 0.141. The Labute approximate surface area is 194 Å². The van der Waals surface area contributed by atoms with Crippen LogP contribution in [0.4, 0.5) is 0 Å². The highest BCUT2D eigenvalue weighted by Crippen LogP contribution is 2.52. The molecule has 0 spiro atoms. The first kappa shape index (κ1) is 21.5. The lowest BCUT2D eigenvalue weighted by Crippen LogP contribution is -2.29. The molecule has 1 aliphatic carbocycles. The molecule has 0 fully saturated rings. The highest BCUT2D eigenvalue weighted by atomic mass is 79.9. The van der Waals surface area contributed by atoms with E-state index in [0.29, 0.717) is 29.8 Å². The third-order valence-electron chi connectivity index (χ3n) is 5.90. The molecule has 0 bridgehead atoms. The molecule has 0 saturated heterocycles. The topological polar surface area (TPSA) is 74.6 Å². The fraction of sp³-hybridized carbons (Fsp3) is 0.250. The van der Waals surface area contributed by atoms with E-state index < -0.39 is 7.60 Å². The second-order valence-corrected chi connectivity index (χ2v) is 10.5. The minimum atomic E-state index is -3.87. The van der Waals surface area contributed by atoms with Crippen molar-refractivity contribution in [2.45, 2.75) is 26.8 Å². The van der Waals surface area contributed by atoms with Crippen molar-refractivity contribution in [3.8, 4) is 11.3 Å². The molecule has 0 N–H and O–H groups in total. The van der Waals surface area contributed by atoms with Crippen LogP contribution in [0.2, 0.25) is 0 Å². The normalized spacial score (nSPS) is 14.6. The van der Waals surface area contributed by atoms with E-state index in [2.05, 4.69) is 15.9 Å². The van der Waals surface area contributed by atoms with Crippen LogP contribution >= 0.6 is 23.5 Å². The van der Waals surface area contributed by atoms with Crippen LogP contribution < -0.4 is 5.44 Å². The number of aromatic nitrogens is 1. The number of ketones is 2. The van der Waals surface area contributed by atoms with Crippen LogP contribution in [0.1, 0.15) is 51.3 Å². The predicted octanol–water partition coefficient (Wildman–Crippen LogP) is 5.14. The summed E-state index contributed by atoms with van der Waals surface area (Å²) >= 11 is 3.52. The molecule has 2 heterocycles. The molecule has 0 radical (unpaired) electrons. The molecule has 0 amide bonds. The summed E-state index contributed by atoms with van der Waals surface area (Å²) in [6.07, 6.45) is 0.670. The van der Waals surface area contributed by atoms with Crippen LogP contribution in [0.5, 0.6) is 0 Å². The molecule has 6 nitrogen and oxygen atoms in total. The fourth-order valence-electron chi connectivity index (χ4n) is 4.69. The van der Waals surface area contributed by atoms with Crippen molar-refractivity contribution >= 4 is 40.5 Å². The highest BCUT2D eigenvalue weighted by molar-refractivity contribution is 9.10. The number of carbonyl (C=O) groups is 2. The van der Waals surface area contributed by atoms with E-state index >= 15 is 0 Å². The number of hydrogen-bond acceptors (Lipinski definition) is 5. The highest BCUT2D eigenvalue weighted by Gasteiger charge is 2.46. The molecule has 32 heavy (non-hydrogen) atoms. The van der Waals surface area contributed by atoms with Gasteiger partial charge in [0.1, 0.15) is 5.44 Å². The van der Waals surface area contributed by atoms with E-state index in [1.54, 1.807) is 38.1 Å². The quantitative estimate of drug-likeness (QED) is 0.345. The number of halogens is 1. The molecular formula is C24H21BrNO5P. The lowest BCUT2D eigenvalue weighted by atomic mass is 9.83.